The van der Waals surface area contributed by atoms with Gasteiger partial charge in [-0.3, -0.25) is 0 Å². The van der Waals surface area contributed by atoms with Crippen LogP contribution in [0.5, 0.6) is 0 Å². The fraction of sp³-hybridized carbons (Fsp3) is 0.571. The lowest BCUT2D eigenvalue weighted by Gasteiger charge is -2.20. The van der Waals surface area contributed by atoms with Crippen LogP contribution < -0.4 is 4.72 Å². The molecule has 1 rings (SSSR count). The average molecular weight is 285 g/mol. The number of nitrogens with one attached hydrogen (secondary N) is 1. The van der Waals surface area contributed by atoms with E-state index in [1.807, 2.05) is 34.6 Å². The second-order valence-electron chi connectivity index (χ2n) is 5.16. The molecule has 1 aromatic carbocycles. The third kappa shape index (κ3) is 2.99. The number of benzene rings is 1. The number of aliphatic hydroxyl groups excluding tert-OH is 1. The molecule has 0 saturated carbocycles. The molecule has 0 saturated heterocycles. The standard InChI is InChI=1S/C14H23NO3S/c1-8(7-16)15-19(17,18)14-12(5)10(3)9(2)11(4)13(14)6/h8,15-16H,7H2,1-6H3/t8-/m1/s1. The van der Waals surface area contributed by atoms with E-state index in [1.165, 1.54) is 0 Å². The highest BCUT2D eigenvalue weighted by molar-refractivity contribution is 7.89. The molecule has 0 aliphatic heterocycles. The Morgan fingerprint density at radius 1 is 0.947 bits per heavy atom. The van der Waals surface area contributed by atoms with Gasteiger partial charge in [-0.25, -0.2) is 13.1 Å². The molecular formula is C14H23NO3S. The third-order valence-corrected chi connectivity index (χ3v) is 5.69. The van der Waals surface area contributed by atoms with Crippen LogP contribution in [0.25, 0.3) is 0 Å². The van der Waals surface area contributed by atoms with Crippen molar-refractivity contribution in [2.24, 2.45) is 0 Å². The van der Waals surface area contributed by atoms with Gasteiger partial charge in [-0.05, 0) is 69.4 Å². The molecule has 0 fully saturated rings. The summed E-state index contributed by atoms with van der Waals surface area (Å²) in [6.45, 7) is 10.9. The lowest BCUT2D eigenvalue weighted by atomic mass is 9.95. The van der Waals surface area contributed by atoms with E-state index in [4.69, 9.17) is 5.11 Å². The Morgan fingerprint density at radius 2 is 1.32 bits per heavy atom. The van der Waals surface area contributed by atoms with Crippen LogP contribution in [-0.2, 0) is 10.0 Å². The molecule has 5 heteroatoms. The van der Waals surface area contributed by atoms with Crippen LogP contribution in [0.2, 0.25) is 0 Å². The zero-order chi connectivity index (χ0) is 15.0. The van der Waals surface area contributed by atoms with Gasteiger partial charge in [-0.2, -0.15) is 0 Å². The Labute approximate surface area is 115 Å². The Bertz CT molecular complexity index is 562. The molecule has 108 valence electrons. The topological polar surface area (TPSA) is 66.4 Å². The van der Waals surface area contributed by atoms with Crippen molar-refractivity contribution in [2.75, 3.05) is 6.61 Å². The lowest BCUT2D eigenvalue weighted by Crippen LogP contribution is -2.36. The summed E-state index contributed by atoms with van der Waals surface area (Å²) in [4.78, 5) is 0.341. The van der Waals surface area contributed by atoms with Crippen LogP contribution in [0.15, 0.2) is 4.90 Å². The fourth-order valence-electron chi connectivity index (χ4n) is 2.23. The van der Waals surface area contributed by atoms with Gasteiger partial charge in [0.2, 0.25) is 10.0 Å². The van der Waals surface area contributed by atoms with E-state index in [1.54, 1.807) is 6.92 Å². The van der Waals surface area contributed by atoms with E-state index >= 15 is 0 Å². The van der Waals surface area contributed by atoms with Gasteiger partial charge in [0, 0.05) is 6.04 Å². The van der Waals surface area contributed by atoms with Gasteiger partial charge in [-0.1, -0.05) is 0 Å². The predicted octanol–water partition coefficient (Wildman–Crippen LogP) is 1.89. The maximum absolute atomic E-state index is 12.4. The minimum Gasteiger partial charge on any atom is -0.395 e. The summed E-state index contributed by atoms with van der Waals surface area (Å²) in [5, 5.41) is 9.01. The van der Waals surface area contributed by atoms with E-state index in [0.717, 1.165) is 27.8 Å². The molecular weight excluding hydrogens is 262 g/mol. The third-order valence-electron chi connectivity index (χ3n) is 3.83. The van der Waals surface area contributed by atoms with Crippen molar-refractivity contribution in [3.05, 3.63) is 27.8 Å². The fourth-order valence-corrected chi connectivity index (χ4v) is 4.06. The first-order valence-electron chi connectivity index (χ1n) is 6.33. The molecule has 4 nitrogen and oxygen atoms in total. The minimum absolute atomic E-state index is 0.221. The van der Waals surface area contributed by atoms with Crippen molar-refractivity contribution in [1.29, 1.82) is 0 Å². The zero-order valence-electron chi connectivity index (χ0n) is 12.5. The highest BCUT2D eigenvalue weighted by Crippen LogP contribution is 2.29. The quantitative estimate of drug-likeness (QED) is 0.888. The second-order valence-corrected chi connectivity index (χ2v) is 6.81. The highest BCUT2D eigenvalue weighted by atomic mass is 32.2. The minimum atomic E-state index is -3.60. The first-order valence-corrected chi connectivity index (χ1v) is 7.82. The molecule has 0 aromatic heterocycles. The molecule has 0 amide bonds. The van der Waals surface area contributed by atoms with Crippen molar-refractivity contribution < 1.29 is 13.5 Å². The van der Waals surface area contributed by atoms with Crippen LogP contribution in [0, 0.1) is 34.6 Å². The first-order chi connectivity index (χ1) is 8.63. The maximum atomic E-state index is 12.4. The molecule has 1 atom stereocenters. The van der Waals surface area contributed by atoms with E-state index in [2.05, 4.69) is 4.72 Å². The molecule has 0 aliphatic carbocycles. The second kappa shape index (κ2) is 5.61. The summed E-state index contributed by atoms with van der Waals surface area (Å²) in [6, 6.07) is -0.495. The number of sulfonamides is 1. The summed E-state index contributed by atoms with van der Waals surface area (Å²) in [5.74, 6) is 0. The Kier molecular flexibility index (Phi) is 4.76. The van der Waals surface area contributed by atoms with E-state index in [0.29, 0.717) is 4.90 Å². The van der Waals surface area contributed by atoms with Gasteiger partial charge in [0.15, 0.2) is 0 Å². The molecule has 0 heterocycles. The summed E-state index contributed by atoms with van der Waals surface area (Å²) >= 11 is 0. The smallest absolute Gasteiger partial charge is 0.241 e. The summed E-state index contributed by atoms with van der Waals surface area (Å²) < 4.78 is 27.4. The highest BCUT2D eigenvalue weighted by Gasteiger charge is 2.24. The number of hydrogen-bond donors (Lipinski definition) is 2. The molecule has 2 N–H and O–H groups in total. The molecule has 0 spiro atoms. The molecule has 0 bridgehead atoms. The van der Waals surface area contributed by atoms with Gasteiger partial charge >= 0.3 is 0 Å². The normalized spacial score (nSPS) is 13.6. The summed E-state index contributed by atoms with van der Waals surface area (Å²) in [7, 11) is -3.60. The molecule has 0 radical (unpaired) electrons. The number of aliphatic hydroxyl groups is 1. The van der Waals surface area contributed by atoms with Crippen LogP contribution in [0.1, 0.15) is 34.7 Å². The molecule has 0 unspecified atom stereocenters. The SMILES string of the molecule is Cc1c(C)c(C)c(S(=O)(=O)N[C@H](C)CO)c(C)c1C. The van der Waals surface area contributed by atoms with Crippen molar-refractivity contribution in [2.45, 2.75) is 52.5 Å². The number of rotatable bonds is 4. The lowest BCUT2D eigenvalue weighted by molar-refractivity contribution is 0.265. The monoisotopic (exact) mass is 285 g/mol. The zero-order valence-corrected chi connectivity index (χ0v) is 13.3. The predicted molar refractivity (Wildman–Crippen MR) is 77.0 cm³/mol. The van der Waals surface area contributed by atoms with Gasteiger partial charge in [0.25, 0.3) is 0 Å². The Balaban J connectivity index is 3.52. The van der Waals surface area contributed by atoms with Gasteiger partial charge in [-0.15, -0.1) is 0 Å². The number of hydrogen-bond acceptors (Lipinski definition) is 3. The van der Waals surface area contributed by atoms with Crippen LogP contribution in [-0.4, -0.2) is 26.2 Å². The molecule has 1 aromatic rings. The van der Waals surface area contributed by atoms with Crippen molar-refractivity contribution in [3.8, 4) is 0 Å². The summed E-state index contributed by atoms with van der Waals surface area (Å²) in [6.07, 6.45) is 0. The van der Waals surface area contributed by atoms with Crippen LogP contribution in [0.4, 0.5) is 0 Å². The van der Waals surface area contributed by atoms with Crippen LogP contribution >= 0.6 is 0 Å². The largest absolute Gasteiger partial charge is 0.395 e. The van der Waals surface area contributed by atoms with Crippen molar-refractivity contribution in [3.63, 3.8) is 0 Å². The molecule has 0 aliphatic rings. The first kappa shape index (κ1) is 16.1. The Hall–Kier alpha value is -0.910. The molecule has 19 heavy (non-hydrogen) atoms. The van der Waals surface area contributed by atoms with E-state index < -0.39 is 16.1 Å². The van der Waals surface area contributed by atoms with Gasteiger partial charge in [0.1, 0.15) is 0 Å². The maximum Gasteiger partial charge on any atom is 0.241 e. The Morgan fingerprint density at radius 3 is 1.68 bits per heavy atom. The van der Waals surface area contributed by atoms with Gasteiger partial charge in [0.05, 0.1) is 11.5 Å². The van der Waals surface area contributed by atoms with Gasteiger partial charge < -0.3 is 5.11 Å². The van der Waals surface area contributed by atoms with Crippen LogP contribution in [0.3, 0.4) is 0 Å². The van der Waals surface area contributed by atoms with Crippen molar-refractivity contribution in [1.82, 2.24) is 4.72 Å². The van der Waals surface area contributed by atoms with Crippen molar-refractivity contribution >= 4 is 10.0 Å². The average Bonchev–Trinajstić information content (AvgIpc) is 2.33. The summed E-state index contributed by atoms with van der Waals surface area (Å²) in [5.41, 5.74) is 4.68. The van der Waals surface area contributed by atoms with E-state index in [9.17, 15) is 8.42 Å². The van der Waals surface area contributed by atoms with E-state index in [-0.39, 0.29) is 6.61 Å².